The predicted molar refractivity (Wildman–Crippen MR) is 126 cm³/mol. The topological polar surface area (TPSA) is 106 Å². The van der Waals surface area contributed by atoms with Gasteiger partial charge in [0.25, 0.3) is 5.91 Å². The number of benzene rings is 1. The van der Waals surface area contributed by atoms with Crippen molar-refractivity contribution in [1.29, 1.82) is 0 Å². The van der Waals surface area contributed by atoms with E-state index in [1.54, 1.807) is 18.2 Å². The summed E-state index contributed by atoms with van der Waals surface area (Å²) >= 11 is 0. The van der Waals surface area contributed by atoms with Crippen LogP contribution in [-0.4, -0.2) is 42.4 Å². The van der Waals surface area contributed by atoms with Gasteiger partial charge in [0.05, 0.1) is 23.0 Å². The monoisotopic (exact) mass is 452 g/mol. The van der Waals surface area contributed by atoms with Crippen LogP contribution in [-0.2, 0) is 11.0 Å². The van der Waals surface area contributed by atoms with E-state index in [0.29, 0.717) is 29.4 Å². The highest BCUT2D eigenvalue weighted by Crippen LogP contribution is 2.40. The molecule has 3 heterocycles. The van der Waals surface area contributed by atoms with Crippen molar-refractivity contribution in [3.05, 3.63) is 53.0 Å². The van der Waals surface area contributed by atoms with Crippen LogP contribution in [0.25, 0.3) is 5.65 Å². The molecule has 8 nitrogen and oxygen atoms in total. The Morgan fingerprint density at radius 2 is 1.97 bits per heavy atom. The molecule has 0 spiro atoms. The normalized spacial score (nSPS) is 19.8. The minimum atomic E-state index is -1.30. The Hall–Kier alpha value is -2.94. The Morgan fingerprint density at radius 1 is 1.16 bits per heavy atom. The van der Waals surface area contributed by atoms with Gasteiger partial charge in [-0.05, 0) is 63.3 Å². The molecule has 5 rings (SSSR count). The number of hydrogen-bond acceptors (Lipinski definition) is 5. The minimum Gasteiger partial charge on any atom is -0.399 e. The zero-order chi connectivity index (χ0) is 22.4. The maximum atomic E-state index is 13.7. The molecule has 3 N–H and O–H groups in total. The Kier molecular flexibility index (Phi) is 5.36. The number of nitrogen functional groups attached to an aromatic ring is 1. The van der Waals surface area contributed by atoms with Crippen LogP contribution >= 0.6 is 0 Å². The zero-order valence-corrected chi connectivity index (χ0v) is 19.2. The van der Waals surface area contributed by atoms with E-state index < -0.39 is 11.0 Å². The lowest BCUT2D eigenvalue weighted by Crippen LogP contribution is -2.39. The molecule has 1 saturated carbocycles. The van der Waals surface area contributed by atoms with Gasteiger partial charge in [-0.3, -0.25) is 4.79 Å². The van der Waals surface area contributed by atoms with Crippen molar-refractivity contribution in [2.75, 3.05) is 23.3 Å². The van der Waals surface area contributed by atoms with E-state index in [2.05, 4.69) is 17.7 Å². The molecule has 9 heteroatoms. The highest BCUT2D eigenvalue weighted by molar-refractivity contribution is 7.85. The molecule has 2 aliphatic rings. The summed E-state index contributed by atoms with van der Waals surface area (Å²) in [5.41, 5.74) is 11.3. The Morgan fingerprint density at radius 3 is 2.72 bits per heavy atom. The summed E-state index contributed by atoms with van der Waals surface area (Å²) in [7, 11) is -1.30. The SMILES string of the molecule is Cc1cc(C2CC2)nc2cc(C3CCCCN3C(=O)c3cc(N)ccc3NS(C)=O)nn12. The zero-order valence-electron chi connectivity index (χ0n) is 18.4. The summed E-state index contributed by atoms with van der Waals surface area (Å²) in [6.07, 6.45) is 6.75. The number of carbonyl (C=O) groups excluding carboxylic acids is 1. The molecule has 2 aromatic heterocycles. The van der Waals surface area contributed by atoms with Gasteiger partial charge in [0.15, 0.2) is 5.65 Å². The Balaban J connectivity index is 1.51. The van der Waals surface area contributed by atoms with Gasteiger partial charge in [0.1, 0.15) is 11.0 Å². The molecule has 0 bridgehead atoms. The number of carbonyl (C=O) groups is 1. The number of piperidine rings is 1. The van der Waals surface area contributed by atoms with E-state index in [1.165, 1.54) is 19.1 Å². The van der Waals surface area contributed by atoms with Crippen molar-refractivity contribution in [2.45, 2.75) is 51.0 Å². The molecule has 1 aliphatic heterocycles. The smallest absolute Gasteiger partial charge is 0.256 e. The van der Waals surface area contributed by atoms with Crippen LogP contribution in [0.3, 0.4) is 0 Å². The number of anilines is 2. The first-order valence-electron chi connectivity index (χ1n) is 11.1. The maximum Gasteiger partial charge on any atom is 0.256 e. The van der Waals surface area contributed by atoms with Gasteiger partial charge in [0, 0.05) is 41.9 Å². The van der Waals surface area contributed by atoms with Crippen LogP contribution < -0.4 is 10.5 Å². The largest absolute Gasteiger partial charge is 0.399 e. The summed E-state index contributed by atoms with van der Waals surface area (Å²) in [6, 6.07) is 9.08. The van der Waals surface area contributed by atoms with Gasteiger partial charge >= 0.3 is 0 Å². The van der Waals surface area contributed by atoms with Crippen molar-refractivity contribution >= 4 is 33.9 Å². The summed E-state index contributed by atoms with van der Waals surface area (Å²) in [6.45, 7) is 2.69. The molecule has 1 aromatic carbocycles. The van der Waals surface area contributed by atoms with E-state index in [0.717, 1.165) is 42.0 Å². The lowest BCUT2D eigenvalue weighted by Gasteiger charge is -2.35. The van der Waals surface area contributed by atoms with Crippen molar-refractivity contribution in [1.82, 2.24) is 19.5 Å². The molecule has 0 radical (unpaired) electrons. The quantitative estimate of drug-likeness (QED) is 0.576. The number of nitrogens with two attached hydrogens (primary N) is 1. The molecule has 1 saturated heterocycles. The number of likely N-dealkylation sites (tertiary alicyclic amines) is 1. The summed E-state index contributed by atoms with van der Waals surface area (Å²) in [4.78, 5) is 20.4. The third-order valence-corrected chi connectivity index (χ3v) is 6.78. The number of aromatic nitrogens is 3. The number of hydrogen-bond donors (Lipinski definition) is 2. The van der Waals surface area contributed by atoms with E-state index >= 15 is 0 Å². The summed E-state index contributed by atoms with van der Waals surface area (Å²) in [5, 5.41) is 4.84. The molecular formula is C23H28N6O2S. The molecule has 2 atom stereocenters. The number of amides is 1. The Bertz CT molecular complexity index is 1220. The first-order valence-corrected chi connectivity index (χ1v) is 12.6. The standard InChI is InChI=1S/C23H28N6O2S/c1-14-11-19(15-6-7-15)25-22-13-20(26-29(14)22)21-5-3-4-10-28(21)23(30)17-12-16(24)8-9-18(17)27-32(2)31/h8-9,11-13,15,21,27H,3-7,10,24H2,1-2H3. The molecular weight excluding hydrogens is 424 g/mol. The van der Waals surface area contributed by atoms with Gasteiger partial charge < -0.3 is 15.4 Å². The highest BCUT2D eigenvalue weighted by Gasteiger charge is 2.32. The lowest BCUT2D eigenvalue weighted by molar-refractivity contribution is 0.0607. The third kappa shape index (κ3) is 3.97. The van der Waals surface area contributed by atoms with Crippen LogP contribution in [0.2, 0.25) is 0 Å². The number of fused-ring (bicyclic) bond motifs is 1. The van der Waals surface area contributed by atoms with E-state index in [9.17, 15) is 9.00 Å². The van der Waals surface area contributed by atoms with E-state index in [4.69, 9.17) is 15.8 Å². The van der Waals surface area contributed by atoms with Gasteiger partial charge in [-0.1, -0.05) is 0 Å². The van der Waals surface area contributed by atoms with Crippen LogP contribution in [0.5, 0.6) is 0 Å². The van der Waals surface area contributed by atoms with Crippen molar-refractivity contribution < 1.29 is 9.00 Å². The second kappa shape index (κ2) is 8.20. The first kappa shape index (κ1) is 20.9. The lowest BCUT2D eigenvalue weighted by atomic mass is 9.97. The highest BCUT2D eigenvalue weighted by atomic mass is 32.2. The second-order valence-corrected chi connectivity index (χ2v) is 9.92. The fourth-order valence-electron chi connectivity index (χ4n) is 4.54. The van der Waals surface area contributed by atoms with E-state index in [1.807, 2.05) is 15.5 Å². The molecule has 1 aliphatic carbocycles. The molecule has 168 valence electrons. The first-order chi connectivity index (χ1) is 15.4. The number of rotatable bonds is 5. The average Bonchev–Trinajstić information content (AvgIpc) is 3.53. The van der Waals surface area contributed by atoms with E-state index in [-0.39, 0.29) is 11.9 Å². The maximum absolute atomic E-state index is 13.7. The van der Waals surface area contributed by atoms with Crippen LogP contribution in [0.1, 0.15) is 71.5 Å². The van der Waals surface area contributed by atoms with Crippen molar-refractivity contribution in [2.24, 2.45) is 0 Å². The predicted octanol–water partition coefficient (Wildman–Crippen LogP) is 3.57. The molecule has 32 heavy (non-hydrogen) atoms. The Labute approximate surface area is 189 Å². The number of nitrogens with zero attached hydrogens (tertiary/aromatic N) is 4. The molecule has 2 unspecified atom stereocenters. The van der Waals surface area contributed by atoms with Crippen LogP contribution in [0.15, 0.2) is 30.3 Å². The third-order valence-electron chi connectivity index (χ3n) is 6.27. The molecule has 3 aromatic rings. The van der Waals surface area contributed by atoms with Crippen molar-refractivity contribution in [3.8, 4) is 0 Å². The fourth-order valence-corrected chi connectivity index (χ4v) is 5.03. The number of aryl methyl sites for hydroxylation is 1. The van der Waals surface area contributed by atoms with Gasteiger partial charge in [0.2, 0.25) is 0 Å². The van der Waals surface area contributed by atoms with Crippen molar-refractivity contribution in [3.63, 3.8) is 0 Å². The summed E-state index contributed by atoms with van der Waals surface area (Å²) in [5.74, 6) is 0.443. The minimum absolute atomic E-state index is 0.129. The number of nitrogens with one attached hydrogen (secondary N) is 1. The van der Waals surface area contributed by atoms with Gasteiger partial charge in [-0.2, -0.15) is 5.10 Å². The fraction of sp³-hybridized carbons (Fsp3) is 0.435. The van der Waals surface area contributed by atoms with Crippen LogP contribution in [0, 0.1) is 6.92 Å². The van der Waals surface area contributed by atoms with Crippen LogP contribution in [0.4, 0.5) is 11.4 Å². The average molecular weight is 453 g/mol. The van der Waals surface area contributed by atoms with Gasteiger partial charge in [-0.25, -0.2) is 13.7 Å². The van der Waals surface area contributed by atoms with Gasteiger partial charge in [-0.15, -0.1) is 0 Å². The second-order valence-electron chi connectivity index (χ2n) is 8.81. The summed E-state index contributed by atoms with van der Waals surface area (Å²) < 4.78 is 16.5. The molecule has 1 amide bonds. The molecule has 2 fully saturated rings.